The van der Waals surface area contributed by atoms with Crippen LogP contribution in [0.2, 0.25) is 0 Å². The summed E-state index contributed by atoms with van der Waals surface area (Å²) in [6, 6.07) is 5.52. The number of H-pyrrole nitrogens is 1. The molecule has 13 nitrogen and oxygen atoms in total. The number of nitrogens with one attached hydrogen (secondary N) is 5. The number of alkyl halides is 1. The van der Waals surface area contributed by atoms with Gasteiger partial charge >= 0.3 is 0 Å². The minimum Gasteiger partial charge on any atom is -0.352 e. The van der Waals surface area contributed by atoms with E-state index in [1.165, 1.54) is 29.2 Å². The standard InChI is InChI=1S/C46H62F3N9O4/c1-23(2)39(54-43(59)25(5)50-7)45(61)57-22-30(49)17-31(57)20-34-33-13-10-28(47)18-35(33)52-41(34)42-53-36-19-29(48)11-14-38(36)56(42)16-15-37-32-12-9-27(32)21-58(37)46(62)40(24(3)4)55-44(60)26(6)51-8/h10-11,13-14,18-19,23-27,30-32,37,39-40,50-52H,9,12,15-17,20-22H2,1-8H3,(H,54,59)(H,55,60)/t25-,26-,27-,30-,31-,32-,37+,39-,40-/m0/s1. The molecule has 7 rings (SSSR count). The summed E-state index contributed by atoms with van der Waals surface area (Å²) >= 11 is 0. The highest BCUT2D eigenvalue weighted by molar-refractivity contribution is 5.93. The first kappa shape index (κ1) is 45.1. The topological polar surface area (TPSA) is 156 Å². The zero-order valence-corrected chi connectivity index (χ0v) is 37.0. The monoisotopic (exact) mass is 861 g/mol. The lowest BCUT2D eigenvalue weighted by Crippen LogP contribution is -2.55. The van der Waals surface area contributed by atoms with Gasteiger partial charge in [-0.1, -0.05) is 27.7 Å². The molecule has 0 bridgehead atoms. The number of hydrogen-bond acceptors (Lipinski definition) is 7. The number of hydrogen-bond donors (Lipinski definition) is 5. The van der Waals surface area contributed by atoms with Gasteiger partial charge in [0.2, 0.25) is 23.6 Å². The Hall–Kier alpha value is -4.96. The van der Waals surface area contributed by atoms with Crippen LogP contribution in [0.25, 0.3) is 33.5 Å². The number of rotatable bonds is 16. The van der Waals surface area contributed by atoms with Crippen LogP contribution in [-0.2, 0) is 32.1 Å². The molecule has 1 saturated carbocycles. The van der Waals surface area contributed by atoms with Crippen molar-refractivity contribution < 1.29 is 32.3 Å². The van der Waals surface area contributed by atoms with Gasteiger partial charge in [-0.2, -0.15) is 0 Å². The van der Waals surface area contributed by atoms with Crippen LogP contribution in [0.15, 0.2) is 36.4 Å². The van der Waals surface area contributed by atoms with Gasteiger partial charge in [0.1, 0.15) is 29.9 Å². The van der Waals surface area contributed by atoms with Crippen molar-refractivity contribution in [3.63, 3.8) is 0 Å². The lowest BCUT2D eigenvalue weighted by atomic mass is 9.72. The molecule has 4 amide bonds. The average molecular weight is 862 g/mol. The van der Waals surface area contributed by atoms with Gasteiger partial charge in [0.25, 0.3) is 0 Å². The third-order valence-electron chi connectivity index (χ3n) is 13.7. The Kier molecular flexibility index (Phi) is 13.4. The lowest BCUT2D eigenvalue weighted by molar-refractivity contribution is -0.139. The maximum atomic E-state index is 15.5. The Morgan fingerprint density at radius 1 is 0.823 bits per heavy atom. The molecule has 3 aliphatic rings. The van der Waals surface area contributed by atoms with Crippen LogP contribution in [0.1, 0.15) is 72.8 Å². The average Bonchev–Trinajstić information content (AvgIpc) is 3.95. The molecule has 0 unspecified atom stereocenters. The van der Waals surface area contributed by atoms with E-state index < -0.39 is 48.0 Å². The molecule has 2 aromatic heterocycles. The predicted molar refractivity (Wildman–Crippen MR) is 233 cm³/mol. The van der Waals surface area contributed by atoms with E-state index in [9.17, 15) is 28.0 Å². The second kappa shape index (κ2) is 18.4. The van der Waals surface area contributed by atoms with Gasteiger partial charge in [-0.3, -0.25) is 19.2 Å². The Bertz CT molecular complexity index is 2310. The van der Waals surface area contributed by atoms with Crippen molar-refractivity contribution in [1.82, 2.24) is 45.6 Å². The van der Waals surface area contributed by atoms with Crippen molar-refractivity contribution in [2.24, 2.45) is 23.7 Å². The van der Waals surface area contributed by atoms with E-state index in [-0.39, 0.29) is 60.9 Å². The predicted octanol–water partition coefficient (Wildman–Crippen LogP) is 5.07. The second-order valence-electron chi connectivity index (χ2n) is 18.4. The van der Waals surface area contributed by atoms with Crippen molar-refractivity contribution >= 4 is 45.6 Å². The minimum atomic E-state index is -1.30. The quantitative estimate of drug-likeness (QED) is 0.105. The van der Waals surface area contributed by atoms with Crippen LogP contribution in [0, 0.1) is 35.3 Å². The number of imidazole rings is 1. The number of aromatic nitrogens is 3. The van der Waals surface area contributed by atoms with E-state index in [1.54, 1.807) is 40.1 Å². The van der Waals surface area contributed by atoms with Crippen molar-refractivity contribution in [2.45, 2.75) is 123 Å². The minimum absolute atomic E-state index is 0.0617. The summed E-state index contributed by atoms with van der Waals surface area (Å²) in [6.07, 6.45) is 1.52. The molecule has 16 heteroatoms. The van der Waals surface area contributed by atoms with E-state index in [0.29, 0.717) is 70.4 Å². The largest absolute Gasteiger partial charge is 0.352 e. The number of benzene rings is 2. The number of carbonyl (C=O) groups is 4. The van der Waals surface area contributed by atoms with Gasteiger partial charge in [0.15, 0.2) is 5.82 Å². The van der Waals surface area contributed by atoms with Crippen LogP contribution >= 0.6 is 0 Å². The molecule has 4 aromatic rings. The van der Waals surface area contributed by atoms with Crippen molar-refractivity contribution in [1.29, 1.82) is 0 Å². The zero-order valence-electron chi connectivity index (χ0n) is 37.0. The number of likely N-dealkylation sites (N-methyl/N-ethyl adjacent to an activating group) is 2. The number of halogens is 3. The summed E-state index contributed by atoms with van der Waals surface area (Å²) in [6.45, 7) is 11.9. The Balaban J connectivity index is 1.24. The molecule has 0 radical (unpaired) electrons. The summed E-state index contributed by atoms with van der Waals surface area (Å²) in [4.78, 5) is 66.5. The third-order valence-corrected chi connectivity index (χ3v) is 13.7. The highest BCUT2D eigenvalue weighted by Crippen LogP contribution is 2.47. The van der Waals surface area contributed by atoms with Gasteiger partial charge in [-0.25, -0.2) is 18.2 Å². The number of nitrogens with zero attached hydrogens (tertiary/aromatic N) is 4. The van der Waals surface area contributed by atoms with Gasteiger partial charge < -0.3 is 40.6 Å². The number of carbonyl (C=O) groups excluding carboxylic acids is 4. The molecule has 3 fully saturated rings. The fourth-order valence-electron chi connectivity index (χ4n) is 9.74. The fourth-order valence-corrected chi connectivity index (χ4v) is 9.74. The van der Waals surface area contributed by atoms with Gasteiger partial charge in [0, 0.05) is 48.6 Å². The van der Waals surface area contributed by atoms with Crippen molar-refractivity contribution in [3.8, 4) is 11.5 Å². The van der Waals surface area contributed by atoms with Crippen LogP contribution in [0.4, 0.5) is 13.2 Å². The number of aryl methyl sites for hydroxylation is 1. The number of likely N-dealkylation sites (tertiary alicyclic amines) is 2. The molecule has 2 aliphatic heterocycles. The third kappa shape index (κ3) is 8.81. The molecule has 9 atom stereocenters. The summed E-state index contributed by atoms with van der Waals surface area (Å²) in [5.74, 6) is -1.29. The molecular formula is C46H62F3N9O4. The van der Waals surface area contributed by atoms with Crippen molar-refractivity contribution in [3.05, 3.63) is 53.6 Å². The molecule has 1 aliphatic carbocycles. The number of fused-ring (bicyclic) bond motifs is 3. The maximum absolute atomic E-state index is 15.5. The summed E-state index contributed by atoms with van der Waals surface area (Å²) in [5.41, 5.74) is 2.80. The highest BCUT2D eigenvalue weighted by atomic mass is 19.1. The van der Waals surface area contributed by atoms with Gasteiger partial charge in [0.05, 0.1) is 35.4 Å². The van der Waals surface area contributed by atoms with Gasteiger partial charge in [-0.05, 0) is 113 Å². The zero-order chi connectivity index (χ0) is 44.7. The van der Waals surface area contributed by atoms with Gasteiger partial charge in [-0.15, -0.1) is 0 Å². The molecule has 0 spiro atoms. The second-order valence-corrected chi connectivity index (χ2v) is 18.4. The van der Waals surface area contributed by atoms with Crippen LogP contribution in [0.5, 0.6) is 0 Å². The van der Waals surface area contributed by atoms with E-state index in [4.69, 9.17) is 4.98 Å². The number of amides is 4. The first-order valence-electron chi connectivity index (χ1n) is 22.2. The fraction of sp³-hybridized carbons (Fsp3) is 0.587. The van der Waals surface area contributed by atoms with E-state index in [2.05, 4.69) is 26.3 Å². The smallest absolute Gasteiger partial charge is 0.245 e. The normalized spacial score (nSPS) is 23.1. The Morgan fingerprint density at radius 3 is 2.03 bits per heavy atom. The Morgan fingerprint density at radius 2 is 1.44 bits per heavy atom. The lowest BCUT2D eigenvalue weighted by Gasteiger charge is -2.35. The number of aromatic amines is 1. The van der Waals surface area contributed by atoms with E-state index in [0.717, 1.165) is 12.8 Å². The van der Waals surface area contributed by atoms with Crippen molar-refractivity contribution in [2.75, 3.05) is 27.2 Å². The van der Waals surface area contributed by atoms with Crippen LogP contribution < -0.4 is 21.3 Å². The summed E-state index contributed by atoms with van der Waals surface area (Å²) in [7, 11) is 3.36. The molecule has 4 heterocycles. The molecule has 2 saturated heterocycles. The van der Waals surface area contributed by atoms with Crippen LogP contribution in [-0.4, -0.2) is 118 Å². The van der Waals surface area contributed by atoms with E-state index >= 15 is 4.39 Å². The highest BCUT2D eigenvalue weighted by Gasteiger charge is 2.50. The maximum Gasteiger partial charge on any atom is 0.245 e. The molecule has 5 N–H and O–H groups in total. The first-order chi connectivity index (χ1) is 29.5. The van der Waals surface area contributed by atoms with Crippen LogP contribution in [0.3, 0.4) is 0 Å². The van der Waals surface area contributed by atoms with E-state index in [1.807, 2.05) is 37.2 Å². The SMILES string of the molecule is CN[C@@H](C)C(=O)N[C@H](C(=O)N1C[C@@H](F)C[C@H]1Cc1c(-c2nc3cc(F)ccc3n2CC[C@@H]2[C@H]3CC[C@H]3CN2C(=O)[C@@H](NC(=O)[C@H](C)NC)C(C)C)[nH]c2cc(F)ccc12)C(C)C. The molecule has 62 heavy (non-hydrogen) atoms. The molecular weight excluding hydrogens is 800 g/mol. The summed E-state index contributed by atoms with van der Waals surface area (Å²) in [5, 5.41) is 12.4. The summed E-state index contributed by atoms with van der Waals surface area (Å²) < 4.78 is 47.2. The molecule has 336 valence electrons. The Labute approximate surface area is 361 Å². The first-order valence-corrected chi connectivity index (χ1v) is 22.2. The molecule has 2 aromatic carbocycles.